The van der Waals surface area contributed by atoms with Crippen molar-refractivity contribution in [2.75, 3.05) is 6.61 Å². The molecule has 1 heterocycles. The van der Waals surface area contributed by atoms with Crippen LogP contribution >= 0.6 is 0 Å². The summed E-state index contributed by atoms with van der Waals surface area (Å²) in [4.78, 5) is 23.0. The third kappa shape index (κ3) is 2.11. The summed E-state index contributed by atoms with van der Waals surface area (Å²) < 4.78 is 19.7. The molecule has 1 aromatic carbocycles. The van der Waals surface area contributed by atoms with Crippen molar-refractivity contribution in [2.24, 2.45) is 0 Å². The molecule has 1 unspecified atom stereocenters. The van der Waals surface area contributed by atoms with Gasteiger partial charge in [-0.15, -0.1) is 0 Å². The Labute approximate surface area is 103 Å². The van der Waals surface area contributed by atoms with Crippen LogP contribution in [0.15, 0.2) is 41.3 Å². The zero-order valence-corrected chi connectivity index (χ0v) is 9.80. The van der Waals surface area contributed by atoms with Crippen LogP contribution in [0, 0.1) is 0 Å². The summed E-state index contributed by atoms with van der Waals surface area (Å²) in [5.41, 5.74) is 0.156. The second-order valence-electron chi connectivity index (χ2n) is 3.69. The van der Waals surface area contributed by atoms with E-state index in [0.29, 0.717) is 10.9 Å². The molecule has 18 heavy (non-hydrogen) atoms. The molecule has 0 aliphatic rings. The molecule has 0 bridgehead atoms. The molecule has 1 aromatic heterocycles. The van der Waals surface area contributed by atoms with Crippen molar-refractivity contribution in [3.05, 3.63) is 46.8 Å². The van der Waals surface area contributed by atoms with E-state index in [0.717, 1.165) is 4.57 Å². The van der Waals surface area contributed by atoms with Gasteiger partial charge in [0.05, 0.1) is 12.1 Å². The summed E-state index contributed by atoms with van der Waals surface area (Å²) >= 11 is 0. The Kier molecular flexibility index (Phi) is 3.41. The number of esters is 1. The van der Waals surface area contributed by atoms with Crippen molar-refractivity contribution in [3.63, 3.8) is 0 Å². The number of nitrogens with zero attached hydrogens (tertiary/aromatic N) is 1. The van der Waals surface area contributed by atoms with E-state index in [2.05, 4.69) is 4.74 Å². The normalized spacial score (nSPS) is 12.3. The predicted molar refractivity (Wildman–Crippen MR) is 65.0 cm³/mol. The summed E-state index contributed by atoms with van der Waals surface area (Å²) in [6.45, 7) is 1.71. The molecule has 94 valence electrons. The van der Waals surface area contributed by atoms with E-state index < -0.39 is 12.3 Å². The van der Waals surface area contributed by atoms with Gasteiger partial charge in [0.25, 0.3) is 6.30 Å². The number of halogens is 1. The predicted octanol–water partition coefficient (Wildman–Crippen LogP) is 2.03. The van der Waals surface area contributed by atoms with Crippen LogP contribution in [0.5, 0.6) is 0 Å². The first kappa shape index (κ1) is 12.3. The molecule has 0 aliphatic heterocycles. The third-order valence-corrected chi connectivity index (χ3v) is 2.56. The van der Waals surface area contributed by atoms with Gasteiger partial charge in [0.2, 0.25) is 0 Å². The van der Waals surface area contributed by atoms with Gasteiger partial charge in [0.15, 0.2) is 5.43 Å². The Morgan fingerprint density at radius 1 is 1.39 bits per heavy atom. The summed E-state index contributed by atoms with van der Waals surface area (Å²) in [6.07, 6.45) is -0.692. The molecular formula is C13H12FNO3. The van der Waals surface area contributed by atoms with E-state index in [1.807, 2.05) is 0 Å². The molecule has 0 saturated carbocycles. The minimum atomic E-state index is -1.95. The largest absolute Gasteiger partial charge is 0.462 e. The number of alkyl halides is 1. The summed E-state index contributed by atoms with van der Waals surface area (Å²) in [6, 6.07) is 7.77. The topological polar surface area (TPSA) is 48.3 Å². The van der Waals surface area contributed by atoms with Gasteiger partial charge < -0.3 is 9.30 Å². The fraction of sp³-hybridized carbons (Fsp3) is 0.231. The lowest BCUT2D eigenvalue weighted by atomic mass is 10.2. The van der Waals surface area contributed by atoms with Crippen LogP contribution in [0.3, 0.4) is 0 Å². The minimum Gasteiger partial charge on any atom is -0.462 e. The second-order valence-corrected chi connectivity index (χ2v) is 3.69. The van der Waals surface area contributed by atoms with E-state index in [-0.39, 0.29) is 12.0 Å². The standard InChI is InChI=1S/C13H12FNO3/c1-2-18-13(17)12(14)15-8-7-11(16)9-5-3-4-6-10(9)15/h3-8,12H,2H2,1H3. The number of aromatic nitrogens is 1. The number of carbonyl (C=O) groups is 1. The van der Waals surface area contributed by atoms with Gasteiger partial charge >= 0.3 is 5.97 Å². The number of para-hydroxylation sites is 1. The maximum absolute atomic E-state index is 14.0. The van der Waals surface area contributed by atoms with Gasteiger partial charge in [-0.25, -0.2) is 9.18 Å². The van der Waals surface area contributed by atoms with Crippen molar-refractivity contribution in [2.45, 2.75) is 13.2 Å². The van der Waals surface area contributed by atoms with Crippen molar-refractivity contribution in [1.29, 1.82) is 0 Å². The molecule has 0 saturated heterocycles. The van der Waals surface area contributed by atoms with Crippen LogP contribution in [0.1, 0.15) is 13.2 Å². The number of rotatable bonds is 3. The molecule has 0 spiro atoms. The molecule has 0 fully saturated rings. The number of benzene rings is 1. The number of pyridine rings is 1. The Morgan fingerprint density at radius 2 is 2.11 bits per heavy atom. The number of carbonyl (C=O) groups excluding carboxylic acids is 1. The highest BCUT2D eigenvalue weighted by atomic mass is 19.1. The quantitative estimate of drug-likeness (QED) is 0.782. The molecule has 0 radical (unpaired) electrons. The summed E-state index contributed by atoms with van der Waals surface area (Å²) in [5, 5.41) is 0.368. The lowest BCUT2D eigenvalue weighted by Gasteiger charge is -2.14. The van der Waals surface area contributed by atoms with Crippen LogP contribution in [-0.2, 0) is 9.53 Å². The minimum absolute atomic E-state index is 0.109. The Bertz CT molecular complexity index is 635. The molecule has 0 aliphatic carbocycles. The molecule has 2 rings (SSSR count). The second kappa shape index (κ2) is 5.00. The van der Waals surface area contributed by atoms with E-state index >= 15 is 0 Å². The maximum Gasteiger partial charge on any atom is 0.362 e. The monoisotopic (exact) mass is 249 g/mol. The zero-order valence-electron chi connectivity index (χ0n) is 9.80. The molecule has 4 nitrogen and oxygen atoms in total. The number of hydrogen-bond acceptors (Lipinski definition) is 3. The Hall–Kier alpha value is -2.17. The lowest BCUT2D eigenvalue weighted by Crippen LogP contribution is -2.20. The first-order chi connectivity index (χ1) is 8.65. The van der Waals surface area contributed by atoms with Gasteiger partial charge in [0, 0.05) is 17.6 Å². The first-order valence-corrected chi connectivity index (χ1v) is 5.55. The van der Waals surface area contributed by atoms with Crippen molar-refractivity contribution < 1.29 is 13.9 Å². The number of ether oxygens (including phenoxy) is 1. The molecule has 0 N–H and O–H groups in total. The van der Waals surface area contributed by atoms with Crippen LogP contribution < -0.4 is 5.43 Å². The highest BCUT2D eigenvalue weighted by Crippen LogP contribution is 2.17. The van der Waals surface area contributed by atoms with E-state index in [9.17, 15) is 14.0 Å². The SMILES string of the molecule is CCOC(=O)C(F)n1ccc(=O)c2ccccc21. The highest BCUT2D eigenvalue weighted by molar-refractivity contribution is 5.81. The average molecular weight is 249 g/mol. The molecule has 2 aromatic rings. The number of fused-ring (bicyclic) bond motifs is 1. The molecular weight excluding hydrogens is 237 g/mol. The van der Waals surface area contributed by atoms with Crippen LogP contribution in [-0.4, -0.2) is 17.1 Å². The average Bonchev–Trinajstić information content (AvgIpc) is 2.39. The van der Waals surface area contributed by atoms with Gasteiger partial charge in [-0.05, 0) is 19.1 Å². The van der Waals surface area contributed by atoms with Crippen LogP contribution in [0.2, 0.25) is 0 Å². The maximum atomic E-state index is 14.0. The van der Waals surface area contributed by atoms with E-state index in [1.54, 1.807) is 31.2 Å². The third-order valence-electron chi connectivity index (χ3n) is 2.56. The fourth-order valence-corrected chi connectivity index (χ4v) is 1.75. The van der Waals surface area contributed by atoms with E-state index in [4.69, 9.17) is 0 Å². The van der Waals surface area contributed by atoms with Gasteiger partial charge in [-0.2, -0.15) is 0 Å². The molecule has 0 amide bonds. The fourth-order valence-electron chi connectivity index (χ4n) is 1.75. The van der Waals surface area contributed by atoms with E-state index in [1.165, 1.54) is 12.3 Å². The van der Waals surface area contributed by atoms with Gasteiger partial charge in [-0.3, -0.25) is 4.79 Å². The highest BCUT2D eigenvalue weighted by Gasteiger charge is 2.21. The van der Waals surface area contributed by atoms with Gasteiger partial charge in [0.1, 0.15) is 0 Å². The van der Waals surface area contributed by atoms with Crippen molar-refractivity contribution >= 4 is 16.9 Å². The van der Waals surface area contributed by atoms with Crippen molar-refractivity contribution in [1.82, 2.24) is 4.57 Å². The zero-order chi connectivity index (χ0) is 13.1. The summed E-state index contributed by atoms with van der Waals surface area (Å²) in [5.74, 6) is -0.966. The summed E-state index contributed by atoms with van der Waals surface area (Å²) in [7, 11) is 0. The Balaban J connectivity index is 2.55. The smallest absolute Gasteiger partial charge is 0.362 e. The molecule has 5 heteroatoms. The Morgan fingerprint density at radius 3 is 2.83 bits per heavy atom. The van der Waals surface area contributed by atoms with Crippen LogP contribution in [0.25, 0.3) is 10.9 Å². The van der Waals surface area contributed by atoms with Crippen molar-refractivity contribution in [3.8, 4) is 0 Å². The first-order valence-electron chi connectivity index (χ1n) is 5.55. The lowest BCUT2D eigenvalue weighted by molar-refractivity contribution is -0.152. The van der Waals surface area contributed by atoms with Gasteiger partial charge in [-0.1, -0.05) is 12.1 Å². The molecule has 1 atom stereocenters. The number of hydrogen-bond donors (Lipinski definition) is 0. The van der Waals surface area contributed by atoms with Crippen LogP contribution in [0.4, 0.5) is 4.39 Å².